The molecular weight excluding hydrogens is 280 g/mol. The third-order valence-corrected chi connectivity index (χ3v) is 3.71. The van der Waals surface area contributed by atoms with Crippen molar-refractivity contribution in [1.29, 1.82) is 0 Å². The fourth-order valence-electron chi connectivity index (χ4n) is 1.97. The number of piperidine rings is 1. The first kappa shape index (κ1) is 11.4. The highest BCUT2D eigenvalue weighted by atomic mass is 79.9. The second-order valence-corrected chi connectivity index (χ2v) is 5.09. The zero-order valence-corrected chi connectivity index (χ0v) is 10.5. The first-order valence-corrected chi connectivity index (χ1v) is 6.20. The summed E-state index contributed by atoms with van der Waals surface area (Å²) in [4.78, 5) is 0. The van der Waals surface area contributed by atoms with Crippen molar-refractivity contribution < 1.29 is 4.39 Å². The minimum absolute atomic E-state index is 0.299. The van der Waals surface area contributed by atoms with E-state index in [0.717, 1.165) is 31.5 Å². The van der Waals surface area contributed by atoms with Gasteiger partial charge in [0.15, 0.2) is 0 Å². The van der Waals surface area contributed by atoms with Crippen LogP contribution in [0.3, 0.4) is 0 Å². The van der Waals surface area contributed by atoms with E-state index < -0.39 is 0 Å². The number of nitrogens with one attached hydrogen (secondary N) is 1. The Balaban J connectivity index is 2.30. The van der Waals surface area contributed by atoms with Crippen LogP contribution in [0.25, 0.3) is 0 Å². The fourth-order valence-corrected chi connectivity index (χ4v) is 2.63. The lowest BCUT2D eigenvalue weighted by molar-refractivity contribution is 0.461. The molecule has 0 amide bonds. The van der Waals surface area contributed by atoms with Crippen molar-refractivity contribution in [3.05, 3.63) is 33.0 Å². The Morgan fingerprint density at radius 2 is 2.27 bits per heavy atom. The lowest BCUT2D eigenvalue weighted by Crippen LogP contribution is -2.28. The highest BCUT2D eigenvalue weighted by Gasteiger charge is 2.19. The van der Waals surface area contributed by atoms with Crippen LogP contribution < -0.4 is 5.32 Å². The van der Waals surface area contributed by atoms with Gasteiger partial charge in [0.1, 0.15) is 5.82 Å². The van der Waals surface area contributed by atoms with E-state index in [2.05, 4.69) is 21.2 Å². The van der Waals surface area contributed by atoms with Gasteiger partial charge < -0.3 is 5.32 Å². The minimum Gasteiger partial charge on any atom is -0.316 e. The maximum atomic E-state index is 13.2. The van der Waals surface area contributed by atoms with Gasteiger partial charge in [-0.25, -0.2) is 4.39 Å². The van der Waals surface area contributed by atoms with Gasteiger partial charge in [-0.2, -0.15) is 0 Å². The Morgan fingerprint density at radius 3 is 2.93 bits per heavy atom. The van der Waals surface area contributed by atoms with Gasteiger partial charge in [0.2, 0.25) is 0 Å². The molecule has 0 aliphatic carbocycles. The van der Waals surface area contributed by atoms with Crippen LogP contribution in [0.4, 0.5) is 4.39 Å². The highest BCUT2D eigenvalue weighted by molar-refractivity contribution is 9.10. The second kappa shape index (κ2) is 4.81. The number of hydrogen-bond acceptors (Lipinski definition) is 1. The van der Waals surface area contributed by atoms with Crippen LogP contribution in [0.2, 0.25) is 5.02 Å². The molecule has 15 heavy (non-hydrogen) atoms. The molecule has 82 valence electrons. The summed E-state index contributed by atoms with van der Waals surface area (Å²) < 4.78 is 13.7. The lowest BCUT2D eigenvalue weighted by Gasteiger charge is -2.24. The van der Waals surface area contributed by atoms with E-state index >= 15 is 0 Å². The molecule has 1 nitrogen and oxygen atoms in total. The molecule has 4 heteroatoms. The van der Waals surface area contributed by atoms with Gasteiger partial charge >= 0.3 is 0 Å². The summed E-state index contributed by atoms with van der Waals surface area (Å²) in [6, 6.07) is 3.19. The van der Waals surface area contributed by atoms with E-state index in [9.17, 15) is 4.39 Å². The molecule has 0 aromatic heterocycles. The summed E-state index contributed by atoms with van der Waals surface area (Å²) in [6.07, 6.45) is 2.26. The van der Waals surface area contributed by atoms with Gasteiger partial charge in [-0.05, 0) is 58.9 Å². The Bertz CT molecular complexity index is 364. The molecule has 1 aromatic carbocycles. The third-order valence-electron chi connectivity index (χ3n) is 2.78. The predicted octanol–water partition coefficient (Wildman–Crippen LogP) is 3.71. The van der Waals surface area contributed by atoms with Gasteiger partial charge in [-0.3, -0.25) is 0 Å². The maximum Gasteiger partial charge on any atom is 0.138 e. The number of halogens is 3. The molecule has 2 rings (SSSR count). The van der Waals surface area contributed by atoms with Crippen LogP contribution in [-0.4, -0.2) is 13.1 Å². The fraction of sp³-hybridized carbons (Fsp3) is 0.455. The Labute approximate surface area is 102 Å². The first-order chi connectivity index (χ1) is 7.18. The molecule has 1 aliphatic heterocycles. The van der Waals surface area contributed by atoms with Gasteiger partial charge in [0.25, 0.3) is 0 Å². The number of hydrogen-bond donors (Lipinski definition) is 1. The van der Waals surface area contributed by atoms with Crippen LogP contribution in [0.5, 0.6) is 0 Å². The largest absolute Gasteiger partial charge is 0.316 e. The molecule has 0 saturated carbocycles. The zero-order chi connectivity index (χ0) is 10.8. The average molecular weight is 293 g/mol. The van der Waals surface area contributed by atoms with E-state index in [0.29, 0.717) is 15.4 Å². The van der Waals surface area contributed by atoms with Crippen LogP contribution in [-0.2, 0) is 0 Å². The molecule has 1 N–H and O–H groups in total. The summed E-state index contributed by atoms with van der Waals surface area (Å²) in [5.41, 5.74) is 1.04. The molecule has 1 unspecified atom stereocenters. The van der Waals surface area contributed by atoms with Crippen LogP contribution in [0, 0.1) is 5.82 Å². The third kappa shape index (κ3) is 2.52. The second-order valence-electron chi connectivity index (χ2n) is 3.83. The molecule has 1 atom stereocenters. The van der Waals surface area contributed by atoms with Crippen molar-refractivity contribution in [2.45, 2.75) is 18.8 Å². The van der Waals surface area contributed by atoms with Crippen molar-refractivity contribution in [3.8, 4) is 0 Å². The summed E-state index contributed by atoms with van der Waals surface area (Å²) in [5.74, 6) is 0.107. The topological polar surface area (TPSA) is 12.0 Å². The van der Waals surface area contributed by atoms with Crippen molar-refractivity contribution in [2.24, 2.45) is 0 Å². The molecule has 1 fully saturated rings. The van der Waals surface area contributed by atoms with Crippen molar-refractivity contribution >= 4 is 27.5 Å². The number of rotatable bonds is 1. The summed E-state index contributed by atoms with van der Waals surface area (Å²) in [6.45, 7) is 1.99. The standard InChI is InChI=1S/C11H12BrClFN/c12-9-4-8(10(13)5-11(9)14)7-2-1-3-15-6-7/h4-5,7,15H,1-3,6H2. The quantitative estimate of drug-likeness (QED) is 0.778. The van der Waals surface area contributed by atoms with E-state index in [1.165, 1.54) is 6.07 Å². The van der Waals surface area contributed by atoms with Gasteiger partial charge in [-0.15, -0.1) is 0 Å². The molecule has 0 bridgehead atoms. The molecule has 1 heterocycles. The summed E-state index contributed by atoms with van der Waals surface area (Å²) in [7, 11) is 0. The molecule has 1 saturated heterocycles. The summed E-state index contributed by atoms with van der Waals surface area (Å²) in [5, 5.41) is 3.86. The van der Waals surface area contributed by atoms with E-state index in [-0.39, 0.29) is 5.82 Å². The van der Waals surface area contributed by atoms with E-state index in [4.69, 9.17) is 11.6 Å². The highest BCUT2D eigenvalue weighted by Crippen LogP contribution is 2.33. The van der Waals surface area contributed by atoms with Crippen molar-refractivity contribution in [3.63, 3.8) is 0 Å². The van der Waals surface area contributed by atoms with Gasteiger partial charge in [-0.1, -0.05) is 11.6 Å². The molecule has 1 aliphatic rings. The van der Waals surface area contributed by atoms with Crippen LogP contribution in [0.1, 0.15) is 24.3 Å². The Hall–Kier alpha value is -0.120. The van der Waals surface area contributed by atoms with E-state index in [1.807, 2.05) is 0 Å². The average Bonchev–Trinajstić information content (AvgIpc) is 2.25. The molecule has 0 spiro atoms. The maximum absolute atomic E-state index is 13.2. The SMILES string of the molecule is Fc1cc(Cl)c(C2CCCNC2)cc1Br. The zero-order valence-electron chi connectivity index (χ0n) is 8.19. The van der Waals surface area contributed by atoms with Crippen molar-refractivity contribution in [2.75, 3.05) is 13.1 Å². The molecular formula is C11H12BrClFN. The van der Waals surface area contributed by atoms with Crippen LogP contribution in [0.15, 0.2) is 16.6 Å². The van der Waals surface area contributed by atoms with Crippen LogP contribution >= 0.6 is 27.5 Å². The number of benzene rings is 1. The molecule has 0 radical (unpaired) electrons. The predicted molar refractivity (Wildman–Crippen MR) is 64.0 cm³/mol. The minimum atomic E-state index is -0.299. The van der Waals surface area contributed by atoms with E-state index in [1.54, 1.807) is 6.07 Å². The smallest absolute Gasteiger partial charge is 0.138 e. The molecule has 1 aromatic rings. The van der Waals surface area contributed by atoms with Gasteiger partial charge in [0.05, 0.1) is 4.47 Å². The normalized spacial score (nSPS) is 21.7. The van der Waals surface area contributed by atoms with Crippen molar-refractivity contribution in [1.82, 2.24) is 5.32 Å². The Kier molecular flexibility index (Phi) is 3.65. The lowest BCUT2D eigenvalue weighted by atomic mass is 9.92. The van der Waals surface area contributed by atoms with Gasteiger partial charge in [0, 0.05) is 11.6 Å². The summed E-state index contributed by atoms with van der Waals surface area (Å²) >= 11 is 9.24. The Morgan fingerprint density at radius 1 is 1.47 bits per heavy atom. The monoisotopic (exact) mass is 291 g/mol. The first-order valence-electron chi connectivity index (χ1n) is 5.03.